The predicted molar refractivity (Wildman–Crippen MR) is 105 cm³/mol. The number of sulfonamides is 1. The van der Waals surface area contributed by atoms with Crippen molar-refractivity contribution in [2.45, 2.75) is 52.6 Å². The number of aryl methyl sites for hydroxylation is 4. The first-order chi connectivity index (χ1) is 13.2. The van der Waals surface area contributed by atoms with Crippen molar-refractivity contribution in [3.8, 4) is 0 Å². The zero-order valence-corrected chi connectivity index (χ0v) is 18.0. The van der Waals surface area contributed by atoms with Crippen molar-refractivity contribution in [1.29, 1.82) is 0 Å². The number of hydrogen-bond donors (Lipinski definition) is 0. The van der Waals surface area contributed by atoms with Gasteiger partial charge in [0.15, 0.2) is 0 Å². The van der Waals surface area contributed by atoms with Crippen LogP contribution < -0.4 is 0 Å². The summed E-state index contributed by atoms with van der Waals surface area (Å²) in [6, 6.07) is 0. The van der Waals surface area contributed by atoms with Crippen LogP contribution in [0.5, 0.6) is 0 Å². The zero-order chi connectivity index (χ0) is 20.6. The van der Waals surface area contributed by atoms with Crippen molar-refractivity contribution in [1.82, 2.24) is 28.8 Å². The van der Waals surface area contributed by atoms with Gasteiger partial charge in [-0.25, -0.2) is 8.42 Å². The number of amides is 1. The molecular weight excluding hydrogens is 380 g/mol. The highest BCUT2D eigenvalue weighted by Gasteiger charge is 2.33. The van der Waals surface area contributed by atoms with Crippen LogP contribution in [0, 0.1) is 20.8 Å². The van der Waals surface area contributed by atoms with Crippen LogP contribution in [-0.2, 0) is 23.1 Å². The largest absolute Gasteiger partial charge is 0.336 e. The Bertz CT molecular complexity index is 983. The van der Waals surface area contributed by atoms with Crippen LogP contribution in [-0.4, -0.2) is 69.3 Å². The third-order valence-electron chi connectivity index (χ3n) is 5.26. The van der Waals surface area contributed by atoms with Crippen LogP contribution in [0.3, 0.4) is 0 Å². The average Bonchev–Trinajstić information content (AvgIpc) is 3.20. The molecule has 0 atom stereocenters. The smallest absolute Gasteiger partial charge is 0.257 e. The second kappa shape index (κ2) is 7.67. The molecule has 0 unspecified atom stereocenters. The molecule has 0 aliphatic carbocycles. The highest BCUT2D eigenvalue weighted by atomic mass is 32.2. The second-order valence-electron chi connectivity index (χ2n) is 6.99. The lowest BCUT2D eigenvalue weighted by Crippen LogP contribution is -2.50. The minimum absolute atomic E-state index is 0.0817. The Kier molecular flexibility index (Phi) is 5.62. The molecule has 2 aromatic rings. The van der Waals surface area contributed by atoms with Crippen LogP contribution in [0.4, 0.5) is 0 Å². The number of hydrogen-bond acceptors (Lipinski definition) is 5. The number of piperazine rings is 1. The normalized spacial score (nSPS) is 16.0. The van der Waals surface area contributed by atoms with Gasteiger partial charge in [0.1, 0.15) is 4.90 Å². The summed E-state index contributed by atoms with van der Waals surface area (Å²) >= 11 is 0. The van der Waals surface area contributed by atoms with Crippen LogP contribution in [0.2, 0.25) is 0 Å². The molecule has 1 aliphatic heterocycles. The van der Waals surface area contributed by atoms with Gasteiger partial charge in [-0.15, -0.1) is 0 Å². The quantitative estimate of drug-likeness (QED) is 0.741. The lowest BCUT2D eigenvalue weighted by atomic mass is 10.1. The first-order valence-corrected chi connectivity index (χ1v) is 11.0. The van der Waals surface area contributed by atoms with Crippen LogP contribution in [0.1, 0.15) is 41.3 Å². The van der Waals surface area contributed by atoms with Crippen LogP contribution in [0.15, 0.2) is 11.1 Å². The summed E-state index contributed by atoms with van der Waals surface area (Å²) < 4.78 is 30.9. The van der Waals surface area contributed by atoms with E-state index in [4.69, 9.17) is 0 Å². The molecule has 3 rings (SSSR count). The fraction of sp³-hybridized carbons (Fsp3) is 0.611. The summed E-state index contributed by atoms with van der Waals surface area (Å²) in [6.07, 6.45) is 1.58. The Hall–Kier alpha value is -2.20. The lowest BCUT2D eigenvalue weighted by molar-refractivity contribution is 0.0696. The molecule has 1 amide bonds. The lowest BCUT2D eigenvalue weighted by Gasteiger charge is -2.34. The summed E-state index contributed by atoms with van der Waals surface area (Å²) in [4.78, 5) is 14.9. The molecule has 10 heteroatoms. The highest BCUT2D eigenvalue weighted by molar-refractivity contribution is 7.89. The van der Waals surface area contributed by atoms with Gasteiger partial charge in [-0.3, -0.25) is 14.2 Å². The highest BCUT2D eigenvalue weighted by Crippen LogP contribution is 2.22. The molecule has 1 saturated heterocycles. The maximum atomic E-state index is 13.0. The molecule has 2 aromatic heterocycles. The van der Waals surface area contributed by atoms with Crippen LogP contribution in [0.25, 0.3) is 0 Å². The van der Waals surface area contributed by atoms with Crippen molar-refractivity contribution in [2.75, 3.05) is 26.2 Å². The van der Waals surface area contributed by atoms with Crippen LogP contribution >= 0.6 is 0 Å². The third-order valence-corrected chi connectivity index (χ3v) is 7.27. The Morgan fingerprint density at radius 3 is 2.14 bits per heavy atom. The minimum Gasteiger partial charge on any atom is -0.336 e. The van der Waals surface area contributed by atoms with Gasteiger partial charge in [-0.05, 0) is 34.6 Å². The van der Waals surface area contributed by atoms with Crippen molar-refractivity contribution in [2.24, 2.45) is 0 Å². The summed E-state index contributed by atoms with van der Waals surface area (Å²) in [5.41, 5.74) is 2.68. The van der Waals surface area contributed by atoms with Crippen molar-refractivity contribution in [3.63, 3.8) is 0 Å². The van der Waals surface area contributed by atoms with Gasteiger partial charge in [0, 0.05) is 51.2 Å². The van der Waals surface area contributed by atoms with Crippen molar-refractivity contribution >= 4 is 15.9 Å². The van der Waals surface area contributed by atoms with Gasteiger partial charge in [-0.1, -0.05) is 0 Å². The molecule has 0 aromatic carbocycles. The first kappa shape index (κ1) is 20.5. The molecule has 1 fully saturated rings. The number of carbonyl (C=O) groups is 1. The third kappa shape index (κ3) is 3.46. The first-order valence-electron chi connectivity index (χ1n) is 9.58. The SMILES string of the molecule is CCn1cc(S(=O)(=O)N2CCN(C(=O)c3c(C)nn(CC)c3C)CC2)c(C)n1. The standard InChI is InChI=1S/C18H28N6O3S/c1-6-22-12-16(13(3)19-22)28(26,27)23-10-8-21(9-11-23)18(25)17-14(4)20-24(7-2)15(17)5/h12H,6-11H2,1-5H3. The summed E-state index contributed by atoms with van der Waals surface area (Å²) in [5.74, 6) is -0.0817. The minimum atomic E-state index is -3.62. The molecule has 28 heavy (non-hydrogen) atoms. The molecule has 3 heterocycles. The summed E-state index contributed by atoms with van der Waals surface area (Å²) in [6.45, 7) is 11.9. The van der Waals surface area contributed by atoms with E-state index >= 15 is 0 Å². The Morgan fingerprint density at radius 2 is 1.64 bits per heavy atom. The molecule has 0 saturated carbocycles. The maximum absolute atomic E-state index is 13.0. The average molecular weight is 409 g/mol. The van der Waals surface area contributed by atoms with E-state index in [1.165, 1.54) is 4.31 Å². The zero-order valence-electron chi connectivity index (χ0n) is 17.1. The van der Waals surface area contributed by atoms with Crippen molar-refractivity contribution in [3.05, 3.63) is 28.8 Å². The Balaban J connectivity index is 1.74. The van der Waals surface area contributed by atoms with Gasteiger partial charge in [0.25, 0.3) is 5.91 Å². The van der Waals surface area contributed by atoms with Gasteiger partial charge >= 0.3 is 0 Å². The molecule has 0 bridgehead atoms. The van der Waals surface area contributed by atoms with Gasteiger partial charge in [0.2, 0.25) is 10.0 Å². The molecule has 9 nitrogen and oxygen atoms in total. The van der Waals surface area contributed by atoms with E-state index in [9.17, 15) is 13.2 Å². The molecule has 1 aliphatic rings. The molecular formula is C18H28N6O3S. The Labute approximate surface area is 166 Å². The predicted octanol–water partition coefficient (Wildman–Crippen LogP) is 1.19. The van der Waals surface area contributed by atoms with E-state index in [0.29, 0.717) is 43.1 Å². The number of rotatable bonds is 5. The molecule has 0 spiro atoms. The summed E-state index contributed by atoms with van der Waals surface area (Å²) in [7, 11) is -3.62. The number of nitrogens with zero attached hydrogens (tertiary/aromatic N) is 6. The topological polar surface area (TPSA) is 93.3 Å². The van der Waals surface area contributed by atoms with E-state index < -0.39 is 10.0 Å². The van der Waals surface area contributed by atoms with E-state index in [2.05, 4.69) is 10.2 Å². The molecule has 154 valence electrons. The van der Waals surface area contributed by atoms with E-state index in [0.717, 1.165) is 5.69 Å². The monoisotopic (exact) mass is 408 g/mol. The fourth-order valence-corrected chi connectivity index (χ4v) is 5.25. The number of aromatic nitrogens is 4. The van der Waals surface area contributed by atoms with Gasteiger partial charge in [0.05, 0.1) is 17.0 Å². The maximum Gasteiger partial charge on any atom is 0.257 e. The fourth-order valence-electron chi connectivity index (χ4n) is 3.66. The van der Waals surface area contributed by atoms with E-state index in [1.54, 1.807) is 22.7 Å². The van der Waals surface area contributed by atoms with Gasteiger partial charge in [-0.2, -0.15) is 14.5 Å². The molecule has 0 radical (unpaired) electrons. The van der Waals surface area contributed by atoms with Crippen molar-refractivity contribution < 1.29 is 13.2 Å². The van der Waals surface area contributed by atoms with E-state index in [-0.39, 0.29) is 23.9 Å². The van der Waals surface area contributed by atoms with Gasteiger partial charge < -0.3 is 4.90 Å². The Morgan fingerprint density at radius 1 is 1.00 bits per heavy atom. The number of carbonyl (C=O) groups excluding carboxylic acids is 1. The second-order valence-corrected chi connectivity index (χ2v) is 8.90. The van der Waals surface area contributed by atoms with E-state index in [1.807, 2.05) is 32.4 Å². The summed E-state index contributed by atoms with van der Waals surface area (Å²) in [5, 5.41) is 8.65. The molecule has 0 N–H and O–H groups in total.